The summed E-state index contributed by atoms with van der Waals surface area (Å²) >= 11 is 1.12. The summed E-state index contributed by atoms with van der Waals surface area (Å²) in [7, 11) is -2.70. The van der Waals surface area contributed by atoms with Gasteiger partial charge in [0.05, 0.1) is 24.0 Å². The van der Waals surface area contributed by atoms with Crippen molar-refractivity contribution in [2.24, 2.45) is 5.14 Å². The smallest absolute Gasteiger partial charge is 0.336 e. The lowest BCUT2D eigenvalue weighted by Crippen LogP contribution is -2.13. The van der Waals surface area contributed by atoms with Gasteiger partial charge in [-0.3, -0.25) is 4.79 Å². The highest BCUT2D eigenvalue weighted by Gasteiger charge is 2.16. The highest BCUT2D eigenvalue weighted by atomic mass is 32.2. The number of carboxylic acids is 1. The molecular weight excluding hydrogens is 306 g/mol. The Hall–Kier alpha value is -1.58. The number of aromatic carboxylic acids is 1. The Kier molecular flexibility index (Phi) is 5.54. The van der Waals surface area contributed by atoms with Crippen LogP contribution < -0.4 is 5.14 Å². The van der Waals surface area contributed by atoms with E-state index in [9.17, 15) is 18.0 Å². The third kappa shape index (κ3) is 4.51. The highest BCUT2D eigenvalue weighted by molar-refractivity contribution is 7.99. The molecule has 0 aliphatic carbocycles. The number of carboxylic acid groups (broad SMARTS) is 1. The van der Waals surface area contributed by atoms with Crippen molar-refractivity contribution in [1.82, 2.24) is 0 Å². The first-order valence-electron chi connectivity index (χ1n) is 5.35. The largest absolute Gasteiger partial charge is 0.478 e. The molecule has 0 radical (unpaired) electrons. The lowest BCUT2D eigenvalue weighted by Gasteiger charge is -2.07. The minimum atomic E-state index is -3.96. The van der Waals surface area contributed by atoms with Crippen LogP contribution in [0.3, 0.4) is 0 Å². The van der Waals surface area contributed by atoms with Gasteiger partial charge in [-0.05, 0) is 18.2 Å². The molecule has 9 heteroatoms. The summed E-state index contributed by atoms with van der Waals surface area (Å²) in [4.78, 5) is 22.2. The molecular formula is C11H13NO6S2. The quantitative estimate of drug-likeness (QED) is 0.584. The van der Waals surface area contributed by atoms with Gasteiger partial charge in [-0.25, -0.2) is 18.4 Å². The zero-order valence-electron chi connectivity index (χ0n) is 10.5. The standard InChI is InChI=1S/C11H13NO6S2/c1-18-10(13)4-5-19-9-3-2-7(20(12,16)17)6-8(9)11(14)15/h2-3,6H,4-5H2,1H3,(H,14,15)(H2,12,16,17). The van der Waals surface area contributed by atoms with Crippen molar-refractivity contribution in [3.05, 3.63) is 23.8 Å². The van der Waals surface area contributed by atoms with Gasteiger partial charge in [0.15, 0.2) is 0 Å². The van der Waals surface area contributed by atoms with Crippen LogP contribution in [0, 0.1) is 0 Å². The summed E-state index contributed by atoms with van der Waals surface area (Å²) in [6.07, 6.45) is 0.122. The third-order valence-electron chi connectivity index (χ3n) is 2.30. The van der Waals surface area contributed by atoms with Crippen molar-refractivity contribution in [2.45, 2.75) is 16.2 Å². The first kappa shape index (κ1) is 16.5. The summed E-state index contributed by atoms with van der Waals surface area (Å²) in [5, 5.41) is 14.0. The van der Waals surface area contributed by atoms with E-state index >= 15 is 0 Å². The lowest BCUT2D eigenvalue weighted by molar-refractivity contribution is -0.140. The Balaban J connectivity index is 2.97. The molecule has 1 aromatic rings. The second kappa shape index (κ2) is 6.73. The molecule has 3 N–H and O–H groups in total. The van der Waals surface area contributed by atoms with E-state index < -0.39 is 22.0 Å². The van der Waals surface area contributed by atoms with E-state index in [0.717, 1.165) is 17.8 Å². The molecule has 0 atom stereocenters. The molecule has 0 bridgehead atoms. The van der Waals surface area contributed by atoms with E-state index in [1.54, 1.807) is 0 Å². The molecule has 0 unspecified atom stereocenters. The first-order chi connectivity index (χ1) is 9.25. The lowest BCUT2D eigenvalue weighted by atomic mass is 10.2. The molecule has 1 aromatic carbocycles. The fraction of sp³-hybridized carbons (Fsp3) is 0.273. The van der Waals surface area contributed by atoms with Crippen molar-refractivity contribution in [1.29, 1.82) is 0 Å². The number of benzene rings is 1. The first-order valence-corrected chi connectivity index (χ1v) is 7.88. The van der Waals surface area contributed by atoms with E-state index in [2.05, 4.69) is 4.74 Å². The number of esters is 1. The molecule has 20 heavy (non-hydrogen) atoms. The Labute approximate surface area is 120 Å². The second-order valence-corrected chi connectivity index (χ2v) is 6.38. The second-order valence-electron chi connectivity index (χ2n) is 3.68. The molecule has 0 aliphatic heterocycles. The number of nitrogens with two attached hydrogens (primary N) is 1. The number of methoxy groups -OCH3 is 1. The van der Waals surface area contributed by atoms with E-state index in [1.807, 2.05) is 0 Å². The molecule has 0 saturated carbocycles. The average molecular weight is 319 g/mol. The van der Waals surface area contributed by atoms with E-state index in [4.69, 9.17) is 10.2 Å². The molecule has 0 fully saturated rings. The van der Waals surface area contributed by atoms with Crippen LogP contribution in [-0.4, -0.2) is 38.3 Å². The van der Waals surface area contributed by atoms with Gasteiger partial charge >= 0.3 is 11.9 Å². The summed E-state index contributed by atoms with van der Waals surface area (Å²) in [5.41, 5.74) is -0.175. The molecule has 0 saturated heterocycles. The maximum Gasteiger partial charge on any atom is 0.336 e. The van der Waals surface area contributed by atoms with Gasteiger partial charge in [-0.2, -0.15) is 0 Å². The van der Waals surface area contributed by atoms with Gasteiger partial charge in [0.2, 0.25) is 10.0 Å². The molecule has 0 amide bonds. The van der Waals surface area contributed by atoms with Gasteiger partial charge in [0.1, 0.15) is 0 Å². The van der Waals surface area contributed by atoms with Gasteiger partial charge < -0.3 is 9.84 Å². The fourth-order valence-corrected chi connectivity index (χ4v) is 2.82. The summed E-state index contributed by atoms with van der Waals surface area (Å²) in [5.74, 6) is -1.35. The van der Waals surface area contributed by atoms with Gasteiger partial charge in [-0.1, -0.05) is 0 Å². The number of ether oxygens (including phenoxy) is 1. The minimum absolute atomic E-state index is 0.122. The number of rotatable bonds is 6. The number of hydrogen-bond acceptors (Lipinski definition) is 6. The number of hydrogen-bond donors (Lipinski definition) is 2. The topological polar surface area (TPSA) is 124 Å². The van der Waals surface area contributed by atoms with Crippen LogP contribution in [0.15, 0.2) is 28.0 Å². The SMILES string of the molecule is COC(=O)CCSc1ccc(S(N)(=O)=O)cc1C(=O)O. The van der Waals surface area contributed by atoms with Crippen LogP contribution in [0.1, 0.15) is 16.8 Å². The number of carbonyl (C=O) groups is 2. The minimum Gasteiger partial charge on any atom is -0.478 e. The number of sulfonamides is 1. The maximum atomic E-state index is 11.2. The Morgan fingerprint density at radius 2 is 2.05 bits per heavy atom. The summed E-state index contributed by atoms with van der Waals surface area (Å²) in [6.45, 7) is 0. The van der Waals surface area contributed by atoms with Crippen LogP contribution in [-0.2, 0) is 19.6 Å². The molecule has 110 valence electrons. The average Bonchev–Trinajstić information content (AvgIpc) is 2.37. The molecule has 0 heterocycles. The molecule has 7 nitrogen and oxygen atoms in total. The summed E-state index contributed by atoms with van der Waals surface area (Å²) < 4.78 is 26.8. The maximum absolute atomic E-state index is 11.2. The number of primary sulfonamides is 1. The van der Waals surface area contributed by atoms with Gasteiger partial charge in [-0.15, -0.1) is 11.8 Å². The Morgan fingerprint density at radius 3 is 2.55 bits per heavy atom. The Bertz CT molecular complexity index is 626. The van der Waals surface area contributed by atoms with Gasteiger partial charge in [0.25, 0.3) is 0 Å². The van der Waals surface area contributed by atoms with Crippen molar-refractivity contribution in [3.8, 4) is 0 Å². The molecule has 0 aliphatic rings. The van der Waals surface area contributed by atoms with Crippen LogP contribution >= 0.6 is 11.8 Å². The van der Waals surface area contributed by atoms with Crippen molar-refractivity contribution < 1.29 is 27.9 Å². The van der Waals surface area contributed by atoms with E-state index in [0.29, 0.717) is 10.6 Å². The number of carbonyl (C=O) groups excluding carboxylic acids is 1. The zero-order chi connectivity index (χ0) is 15.3. The predicted molar refractivity (Wildman–Crippen MR) is 72.1 cm³/mol. The van der Waals surface area contributed by atoms with Crippen molar-refractivity contribution in [2.75, 3.05) is 12.9 Å². The predicted octanol–water partition coefficient (Wildman–Crippen LogP) is 0.687. The van der Waals surface area contributed by atoms with E-state index in [1.165, 1.54) is 19.2 Å². The Morgan fingerprint density at radius 1 is 1.40 bits per heavy atom. The molecule has 0 spiro atoms. The summed E-state index contributed by atoms with van der Waals surface area (Å²) in [6, 6.07) is 3.57. The fourth-order valence-electron chi connectivity index (χ4n) is 1.33. The highest BCUT2D eigenvalue weighted by Crippen LogP contribution is 2.26. The van der Waals surface area contributed by atoms with Crippen LogP contribution in [0.5, 0.6) is 0 Å². The van der Waals surface area contributed by atoms with E-state index in [-0.39, 0.29) is 16.9 Å². The zero-order valence-corrected chi connectivity index (χ0v) is 12.2. The van der Waals surface area contributed by atoms with Crippen LogP contribution in [0.4, 0.5) is 0 Å². The third-order valence-corrected chi connectivity index (χ3v) is 4.29. The molecule has 1 rings (SSSR count). The van der Waals surface area contributed by atoms with Crippen LogP contribution in [0.2, 0.25) is 0 Å². The van der Waals surface area contributed by atoms with Gasteiger partial charge in [0, 0.05) is 10.6 Å². The van der Waals surface area contributed by atoms with Crippen LogP contribution in [0.25, 0.3) is 0 Å². The normalized spacial score (nSPS) is 11.1. The van der Waals surface area contributed by atoms with Crippen molar-refractivity contribution >= 4 is 33.7 Å². The number of thioether (sulfide) groups is 1. The van der Waals surface area contributed by atoms with Crippen molar-refractivity contribution in [3.63, 3.8) is 0 Å². The monoisotopic (exact) mass is 319 g/mol. The molecule has 0 aromatic heterocycles.